The summed E-state index contributed by atoms with van der Waals surface area (Å²) < 4.78 is 0. The topological polar surface area (TPSA) is 65.5 Å². The second-order valence-corrected chi connectivity index (χ2v) is 5.68. The van der Waals surface area contributed by atoms with E-state index in [1.807, 2.05) is 30.9 Å². The van der Waals surface area contributed by atoms with Crippen LogP contribution < -0.4 is 10.2 Å². The van der Waals surface area contributed by atoms with Crippen molar-refractivity contribution in [2.45, 2.75) is 33.2 Å². The number of anilines is 1. The average Bonchev–Trinajstić information content (AvgIpc) is 2.54. The van der Waals surface area contributed by atoms with Crippen LogP contribution in [-0.2, 0) is 4.79 Å². The molecule has 0 radical (unpaired) electrons. The van der Waals surface area contributed by atoms with Gasteiger partial charge in [0, 0.05) is 51.0 Å². The fourth-order valence-electron chi connectivity index (χ4n) is 2.42. The van der Waals surface area contributed by atoms with Gasteiger partial charge in [0.1, 0.15) is 5.69 Å². The van der Waals surface area contributed by atoms with E-state index < -0.39 is 0 Å². The minimum Gasteiger partial charge on any atom is -0.368 e. The first kappa shape index (κ1) is 16.3. The summed E-state index contributed by atoms with van der Waals surface area (Å²) in [6, 6.07) is 3.86. The number of carbonyl (C=O) groups is 2. The minimum atomic E-state index is -0.140. The van der Waals surface area contributed by atoms with E-state index in [9.17, 15) is 9.59 Å². The summed E-state index contributed by atoms with van der Waals surface area (Å²) in [4.78, 5) is 31.7. The molecule has 2 heterocycles. The predicted octanol–water partition coefficient (Wildman–Crippen LogP) is 1.28. The molecule has 0 aromatic carbocycles. The highest BCUT2D eigenvalue weighted by Crippen LogP contribution is 2.17. The fraction of sp³-hybridized carbons (Fsp3) is 0.562. The zero-order valence-corrected chi connectivity index (χ0v) is 13.5. The summed E-state index contributed by atoms with van der Waals surface area (Å²) in [6.07, 6.45) is 2.55. The van der Waals surface area contributed by atoms with Gasteiger partial charge in [-0.25, -0.2) is 0 Å². The lowest BCUT2D eigenvalue weighted by Crippen LogP contribution is -2.48. The minimum absolute atomic E-state index is 0.114. The Morgan fingerprint density at radius 1 is 1.32 bits per heavy atom. The molecule has 1 N–H and O–H groups in total. The molecule has 120 valence electrons. The lowest BCUT2D eigenvalue weighted by atomic mass is 10.2. The molecule has 2 rings (SSSR count). The molecule has 1 aromatic heterocycles. The first-order valence-electron chi connectivity index (χ1n) is 7.78. The monoisotopic (exact) mass is 304 g/mol. The van der Waals surface area contributed by atoms with Crippen LogP contribution in [0.15, 0.2) is 18.3 Å². The molecule has 1 aliphatic rings. The van der Waals surface area contributed by atoms with Crippen molar-refractivity contribution in [3.63, 3.8) is 0 Å². The van der Waals surface area contributed by atoms with E-state index in [4.69, 9.17) is 0 Å². The zero-order valence-electron chi connectivity index (χ0n) is 13.5. The summed E-state index contributed by atoms with van der Waals surface area (Å²) in [5.41, 5.74) is 1.42. The van der Waals surface area contributed by atoms with E-state index >= 15 is 0 Å². The number of aromatic nitrogens is 1. The summed E-state index contributed by atoms with van der Waals surface area (Å²) in [5, 5.41) is 2.93. The number of rotatable bonds is 4. The molecule has 1 fully saturated rings. The van der Waals surface area contributed by atoms with E-state index in [0.717, 1.165) is 25.2 Å². The van der Waals surface area contributed by atoms with Crippen molar-refractivity contribution in [3.8, 4) is 0 Å². The van der Waals surface area contributed by atoms with Crippen LogP contribution in [0.3, 0.4) is 0 Å². The smallest absolute Gasteiger partial charge is 0.270 e. The van der Waals surface area contributed by atoms with E-state index in [1.54, 1.807) is 13.1 Å². The molecule has 0 aliphatic carbocycles. The quantitative estimate of drug-likeness (QED) is 0.910. The van der Waals surface area contributed by atoms with Crippen LogP contribution in [0.5, 0.6) is 0 Å². The zero-order chi connectivity index (χ0) is 16.1. The van der Waals surface area contributed by atoms with Crippen molar-refractivity contribution >= 4 is 17.5 Å². The highest BCUT2D eigenvalue weighted by atomic mass is 16.2. The average molecular weight is 304 g/mol. The van der Waals surface area contributed by atoms with Gasteiger partial charge >= 0.3 is 0 Å². The number of pyridine rings is 1. The number of carbonyl (C=O) groups excluding carboxylic acids is 2. The maximum Gasteiger partial charge on any atom is 0.270 e. The summed E-state index contributed by atoms with van der Waals surface area (Å²) >= 11 is 0. The third-order valence-electron chi connectivity index (χ3n) is 4.06. The van der Waals surface area contributed by atoms with Crippen LogP contribution in [0.2, 0.25) is 0 Å². The van der Waals surface area contributed by atoms with Crippen LogP contribution in [0, 0.1) is 0 Å². The van der Waals surface area contributed by atoms with Crippen LogP contribution in [0.4, 0.5) is 5.69 Å². The largest absolute Gasteiger partial charge is 0.368 e. The Morgan fingerprint density at radius 3 is 2.59 bits per heavy atom. The van der Waals surface area contributed by atoms with Gasteiger partial charge in [-0.05, 0) is 25.5 Å². The molecule has 1 unspecified atom stereocenters. The first-order chi connectivity index (χ1) is 10.5. The molecular weight excluding hydrogens is 280 g/mol. The van der Waals surface area contributed by atoms with Crippen molar-refractivity contribution in [1.29, 1.82) is 0 Å². The number of nitrogens with zero attached hydrogens (tertiary/aromatic N) is 3. The van der Waals surface area contributed by atoms with E-state index in [2.05, 4.69) is 15.2 Å². The van der Waals surface area contributed by atoms with Gasteiger partial charge in [0.2, 0.25) is 5.91 Å². The van der Waals surface area contributed by atoms with Crippen LogP contribution in [0.1, 0.15) is 37.7 Å². The Labute approximate surface area is 131 Å². The molecule has 22 heavy (non-hydrogen) atoms. The van der Waals surface area contributed by atoms with E-state index in [0.29, 0.717) is 18.8 Å². The van der Waals surface area contributed by atoms with Crippen molar-refractivity contribution in [1.82, 2.24) is 15.2 Å². The van der Waals surface area contributed by atoms with E-state index in [1.165, 1.54) is 0 Å². The van der Waals surface area contributed by atoms with Crippen molar-refractivity contribution in [2.24, 2.45) is 0 Å². The maximum atomic E-state index is 12.1. The standard InChI is InChI=1S/C16H24N4O2/c1-4-12(2)18-16(22)15-11-14(5-6-17-15)20-9-7-19(8-10-20)13(3)21/h5-6,11-12H,4,7-10H2,1-3H3,(H,18,22). The number of amides is 2. The molecule has 1 aliphatic heterocycles. The molecule has 0 spiro atoms. The highest BCUT2D eigenvalue weighted by Gasteiger charge is 2.20. The molecule has 2 amide bonds. The van der Waals surface area contributed by atoms with Gasteiger partial charge in [-0.2, -0.15) is 0 Å². The normalized spacial score (nSPS) is 16.3. The third-order valence-corrected chi connectivity index (χ3v) is 4.06. The number of piperazine rings is 1. The molecule has 6 nitrogen and oxygen atoms in total. The van der Waals surface area contributed by atoms with Crippen molar-refractivity contribution in [2.75, 3.05) is 31.1 Å². The van der Waals surface area contributed by atoms with Crippen LogP contribution >= 0.6 is 0 Å². The summed E-state index contributed by atoms with van der Waals surface area (Å²) in [6.45, 7) is 8.58. The van der Waals surface area contributed by atoms with Gasteiger partial charge in [-0.1, -0.05) is 6.92 Å². The predicted molar refractivity (Wildman–Crippen MR) is 85.9 cm³/mol. The number of hydrogen-bond acceptors (Lipinski definition) is 4. The van der Waals surface area contributed by atoms with Crippen molar-refractivity contribution in [3.05, 3.63) is 24.0 Å². The van der Waals surface area contributed by atoms with Crippen molar-refractivity contribution < 1.29 is 9.59 Å². The second-order valence-electron chi connectivity index (χ2n) is 5.68. The maximum absolute atomic E-state index is 12.1. The summed E-state index contributed by atoms with van der Waals surface area (Å²) in [7, 11) is 0. The van der Waals surface area contributed by atoms with Gasteiger partial charge < -0.3 is 15.1 Å². The van der Waals surface area contributed by atoms with Crippen LogP contribution in [-0.4, -0.2) is 53.9 Å². The van der Waals surface area contributed by atoms with Gasteiger partial charge in [-0.15, -0.1) is 0 Å². The highest BCUT2D eigenvalue weighted by molar-refractivity contribution is 5.93. The molecular formula is C16H24N4O2. The Balaban J connectivity index is 2.03. The molecule has 1 aromatic rings. The summed E-state index contributed by atoms with van der Waals surface area (Å²) in [5.74, 6) is -0.0263. The Bertz CT molecular complexity index is 539. The van der Waals surface area contributed by atoms with Gasteiger partial charge in [0.05, 0.1) is 0 Å². The SMILES string of the molecule is CCC(C)NC(=O)c1cc(N2CCN(C(C)=O)CC2)ccn1. The Kier molecular flexibility index (Phi) is 5.35. The Hall–Kier alpha value is -2.11. The molecule has 1 saturated heterocycles. The molecule has 6 heteroatoms. The fourth-order valence-corrected chi connectivity index (χ4v) is 2.42. The first-order valence-corrected chi connectivity index (χ1v) is 7.78. The van der Waals surface area contributed by atoms with Gasteiger partial charge in [-0.3, -0.25) is 14.6 Å². The van der Waals surface area contributed by atoms with Gasteiger partial charge in [0.25, 0.3) is 5.91 Å². The molecule has 0 bridgehead atoms. The van der Waals surface area contributed by atoms with E-state index in [-0.39, 0.29) is 17.9 Å². The lowest BCUT2D eigenvalue weighted by Gasteiger charge is -2.35. The van der Waals surface area contributed by atoms with Crippen LogP contribution in [0.25, 0.3) is 0 Å². The number of hydrogen-bond donors (Lipinski definition) is 1. The third kappa shape index (κ3) is 3.96. The lowest BCUT2D eigenvalue weighted by molar-refractivity contribution is -0.129. The van der Waals surface area contributed by atoms with Gasteiger partial charge in [0.15, 0.2) is 0 Å². The second kappa shape index (κ2) is 7.24. The molecule has 1 atom stereocenters. The number of nitrogens with one attached hydrogen (secondary N) is 1. The Morgan fingerprint density at radius 2 is 2.00 bits per heavy atom. The molecule has 0 saturated carbocycles.